The number of aromatic nitrogens is 1. The number of rotatable bonds is 5. The zero-order valence-electron chi connectivity index (χ0n) is 15.6. The van der Waals surface area contributed by atoms with Crippen molar-refractivity contribution in [3.8, 4) is 11.3 Å². The highest BCUT2D eigenvalue weighted by Gasteiger charge is 2.15. The van der Waals surface area contributed by atoms with Crippen LogP contribution in [0.15, 0.2) is 58.3 Å². The average molecular weight is 428 g/mol. The minimum Gasteiger partial charge on any atom is -0.451 e. The third-order valence-electron chi connectivity index (χ3n) is 4.10. The van der Waals surface area contributed by atoms with Gasteiger partial charge in [-0.15, -0.1) is 11.3 Å². The van der Waals surface area contributed by atoms with Gasteiger partial charge in [0.25, 0.3) is 5.91 Å². The van der Waals surface area contributed by atoms with Gasteiger partial charge in [-0.2, -0.15) is 0 Å². The van der Waals surface area contributed by atoms with Crippen molar-refractivity contribution in [3.05, 3.63) is 65.2 Å². The first-order chi connectivity index (χ1) is 13.8. The fourth-order valence-corrected chi connectivity index (χ4v) is 4.10. The van der Waals surface area contributed by atoms with Gasteiger partial charge >= 0.3 is 0 Å². The predicted octanol–water partition coefficient (Wildman–Crippen LogP) is 4.49. The lowest BCUT2D eigenvalue weighted by atomic mass is 10.1. The Labute approximate surface area is 171 Å². The van der Waals surface area contributed by atoms with Crippen LogP contribution in [0.25, 0.3) is 22.2 Å². The number of hydrogen-bond donors (Lipinski definition) is 2. The molecule has 2 N–H and O–H groups in total. The van der Waals surface area contributed by atoms with E-state index in [1.165, 1.54) is 11.3 Å². The summed E-state index contributed by atoms with van der Waals surface area (Å²) in [6.07, 6.45) is 1.10. The van der Waals surface area contributed by atoms with Gasteiger partial charge in [-0.3, -0.25) is 14.8 Å². The standard InChI is InChI=1S/C20H17N3O4S2/c1-12-3-8-17-14(9-12)10-18(27-17)19(24)22-20-21-16(11-28-20)13-4-6-15(7-5-13)23-29(2,25)26/h3-11,23H,1-2H3,(H,21,22,24). The maximum absolute atomic E-state index is 12.5. The summed E-state index contributed by atoms with van der Waals surface area (Å²) in [4.78, 5) is 16.9. The normalized spacial score (nSPS) is 11.5. The van der Waals surface area contributed by atoms with Crippen LogP contribution >= 0.6 is 11.3 Å². The number of aryl methyl sites for hydroxylation is 1. The van der Waals surface area contributed by atoms with Crippen molar-refractivity contribution in [1.82, 2.24) is 4.98 Å². The predicted molar refractivity (Wildman–Crippen MR) is 115 cm³/mol. The Morgan fingerprint density at radius 1 is 1.10 bits per heavy atom. The fraction of sp³-hybridized carbons (Fsp3) is 0.100. The first kappa shape index (κ1) is 19.2. The molecule has 148 valence electrons. The van der Waals surface area contributed by atoms with E-state index in [1.807, 2.05) is 30.5 Å². The molecular weight excluding hydrogens is 410 g/mol. The second-order valence-electron chi connectivity index (χ2n) is 6.60. The van der Waals surface area contributed by atoms with Gasteiger partial charge in [0.1, 0.15) is 5.58 Å². The van der Waals surface area contributed by atoms with Gasteiger partial charge in [-0.25, -0.2) is 13.4 Å². The molecule has 0 aliphatic heterocycles. The average Bonchev–Trinajstić information content (AvgIpc) is 3.27. The van der Waals surface area contributed by atoms with E-state index in [0.717, 1.165) is 22.8 Å². The number of amides is 1. The Hall–Kier alpha value is -3.17. The lowest BCUT2D eigenvalue weighted by Crippen LogP contribution is -2.10. The highest BCUT2D eigenvalue weighted by Crippen LogP contribution is 2.27. The van der Waals surface area contributed by atoms with Gasteiger partial charge in [0.05, 0.1) is 11.9 Å². The molecule has 0 aliphatic rings. The molecule has 9 heteroatoms. The largest absolute Gasteiger partial charge is 0.451 e. The number of benzene rings is 2. The number of fused-ring (bicyclic) bond motifs is 1. The molecule has 0 saturated heterocycles. The van der Waals surface area contributed by atoms with Crippen LogP contribution in [-0.4, -0.2) is 25.6 Å². The summed E-state index contributed by atoms with van der Waals surface area (Å²) in [5.41, 5.74) is 3.70. The number of nitrogens with zero attached hydrogens (tertiary/aromatic N) is 1. The molecule has 2 aromatic heterocycles. The van der Waals surface area contributed by atoms with Crippen molar-refractivity contribution in [3.63, 3.8) is 0 Å². The van der Waals surface area contributed by atoms with E-state index in [4.69, 9.17) is 4.42 Å². The van der Waals surface area contributed by atoms with Crippen molar-refractivity contribution < 1.29 is 17.6 Å². The molecule has 1 amide bonds. The van der Waals surface area contributed by atoms with E-state index < -0.39 is 10.0 Å². The molecular formula is C20H17N3O4S2. The van der Waals surface area contributed by atoms with E-state index >= 15 is 0 Å². The Bertz CT molecular complexity index is 1310. The lowest BCUT2D eigenvalue weighted by Gasteiger charge is -2.04. The van der Waals surface area contributed by atoms with Crippen LogP contribution in [0.2, 0.25) is 0 Å². The van der Waals surface area contributed by atoms with E-state index in [2.05, 4.69) is 15.0 Å². The quantitative estimate of drug-likeness (QED) is 0.489. The van der Waals surface area contributed by atoms with Crippen molar-refractivity contribution in [2.45, 2.75) is 6.92 Å². The SMILES string of the molecule is Cc1ccc2oc(C(=O)Nc3nc(-c4ccc(NS(C)(=O)=O)cc4)cs3)cc2c1. The van der Waals surface area contributed by atoms with Gasteiger partial charge in [-0.05, 0) is 37.3 Å². The van der Waals surface area contributed by atoms with Gasteiger partial charge in [-0.1, -0.05) is 23.8 Å². The third kappa shape index (κ3) is 4.47. The van der Waals surface area contributed by atoms with Gasteiger partial charge in [0.15, 0.2) is 10.9 Å². The van der Waals surface area contributed by atoms with Crippen molar-refractivity contribution in [1.29, 1.82) is 0 Å². The number of furan rings is 1. The summed E-state index contributed by atoms with van der Waals surface area (Å²) < 4.78 is 30.6. The Morgan fingerprint density at radius 3 is 2.59 bits per heavy atom. The molecule has 2 aromatic carbocycles. The van der Waals surface area contributed by atoms with Gasteiger partial charge < -0.3 is 4.42 Å². The molecule has 4 rings (SSSR count). The van der Waals surface area contributed by atoms with Crippen molar-refractivity contribution in [2.75, 3.05) is 16.3 Å². The molecule has 0 spiro atoms. The van der Waals surface area contributed by atoms with Crippen molar-refractivity contribution >= 4 is 49.1 Å². The van der Waals surface area contributed by atoms with E-state index in [9.17, 15) is 13.2 Å². The molecule has 4 aromatic rings. The van der Waals surface area contributed by atoms with Crippen molar-refractivity contribution in [2.24, 2.45) is 0 Å². The molecule has 0 atom stereocenters. The summed E-state index contributed by atoms with van der Waals surface area (Å²) in [6.45, 7) is 1.98. The minimum absolute atomic E-state index is 0.221. The number of hydrogen-bond acceptors (Lipinski definition) is 6. The summed E-state index contributed by atoms with van der Waals surface area (Å²) in [5, 5.41) is 5.88. The minimum atomic E-state index is -3.32. The van der Waals surface area contributed by atoms with Gasteiger partial charge in [0.2, 0.25) is 10.0 Å². The number of thiazole rings is 1. The van der Waals surface area contributed by atoms with Crippen LogP contribution in [0.1, 0.15) is 16.1 Å². The van der Waals surface area contributed by atoms with Crippen LogP contribution < -0.4 is 10.0 Å². The van der Waals surface area contributed by atoms with E-state index in [0.29, 0.717) is 22.1 Å². The number of nitrogens with one attached hydrogen (secondary N) is 2. The van der Waals surface area contributed by atoms with E-state index in [1.54, 1.807) is 30.3 Å². The Balaban J connectivity index is 1.49. The van der Waals surface area contributed by atoms with Crippen LogP contribution in [0.5, 0.6) is 0 Å². The molecule has 7 nitrogen and oxygen atoms in total. The Morgan fingerprint density at radius 2 is 1.86 bits per heavy atom. The molecule has 0 fully saturated rings. The Kier molecular flexibility index (Phi) is 4.85. The monoisotopic (exact) mass is 427 g/mol. The summed E-state index contributed by atoms with van der Waals surface area (Å²) in [7, 11) is -3.32. The number of carbonyl (C=O) groups is 1. The lowest BCUT2D eigenvalue weighted by molar-refractivity contribution is 0.0998. The topological polar surface area (TPSA) is 101 Å². The smallest absolute Gasteiger partial charge is 0.293 e. The first-order valence-electron chi connectivity index (χ1n) is 8.62. The highest BCUT2D eigenvalue weighted by atomic mass is 32.2. The molecule has 29 heavy (non-hydrogen) atoms. The zero-order chi connectivity index (χ0) is 20.6. The van der Waals surface area contributed by atoms with Crippen LogP contribution in [0.3, 0.4) is 0 Å². The fourth-order valence-electron chi connectivity index (χ4n) is 2.82. The molecule has 0 unspecified atom stereocenters. The molecule has 0 bridgehead atoms. The highest BCUT2D eigenvalue weighted by molar-refractivity contribution is 7.92. The van der Waals surface area contributed by atoms with E-state index in [-0.39, 0.29) is 11.7 Å². The zero-order valence-corrected chi connectivity index (χ0v) is 17.2. The third-order valence-corrected chi connectivity index (χ3v) is 5.47. The maximum Gasteiger partial charge on any atom is 0.293 e. The number of sulfonamides is 1. The molecule has 2 heterocycles. The maximum atomic E-state index is 12.5. The van der Waals surface area contributed by atoms with Crippen LogP contribution in [-0.2, 0) is 10.0 Å². The first-order valence-corrected chi connectivity index (χ1v) is 11.4. The summed E-state index contributed by atoms with van der Waals surface area (Å²) in [6, 6.07) is 14.3. The second kappa shape index (κ2) is 7.34. The second-order valence-corrected chi connectivity index (χ2v) is 9.20. The van der Waals surface area contributed by atoms with Gasteiger partial charge in [0, 0.05) is 22.0 Å². The summed E-state index contributed by atoms with van der Waals surface area (Å²) >= 11 is 1.29. The number of anilines is 2. The number of carbonyl (C=O) groups excluding carboxylic acids is 1. The van der Waals surface area contributed by atoms with Crippen LogP contribution in [0, 0.1) is 6.92 Å². The van der Waals surface area contributed by atoms with Crippen LogP contribution in [0.4, 0.5) is 10.8 Å². The molecule has 0 aliphatic carbocycles. The molecule has 0 radical (unpaired) electrons. The summed E-state index contributed by atoms with van der Waals surface area (Å²) in [5.74, 6) is -0.147. The molecule has 0 saturated carbocycles.